The summed E-state index contributed by atoms with van der Waals surface area (Å²) in [5.41, 5.74) is 3.59. The molecule has 0 aliphatic heterocycles. The largest absolute Gasteiger partial charge is 0.487 e. The van der Waals surface area contributed by atoms with Crippen LogP contribution in [0.15, 0.2) is 109 Å². The Kier molecular flexibility index (Phi) is 7.01. The van der Waals surface area contributed by atoms with E-state index in [4.69, 9.17) is 14.9 Å². The Balaban J connectivity index is 1.39. The molecule has 0 amide bonds. The van der Waals surface area contributed by atoms with Crippen LogP contribution >= 0.6 is 0 Å². The summed E-state index contributed by atoms with van der Waals surface area (Å²) in [6.45, 7) is 0.910. The van der Waals surface area contributed by atoms with E-state index in [0.717, 1.165) is 11.1 Å². The molecular weight excluding hydrogens is 398 g/mol. The second-order valence-electron chi connectivity index (χ2n) is 7.17. The van der Waals surface area contributed by atoms with E-state index < -0.39 is 0 Å². The van der Waals surface area contributed by atoms with E-state index in [1.807, 2.05) is 109 Å². The minimum absolute atomic E-state index is 0.122. The SMILES string of the molecule is N=C(Nc1ccccc1OCc1ccccc1)Nc1ccccc1OCc1ccccc1. The quantitative estimate of drug-likeness (QED) is 0.230. The highest BCUT2D eigenvalue weighted by molar-refractivity contribution is 6.03. The van der Waals surface area contributed by atoms with Gasteiger partial charge in [-0.15, -0.1) is 0 Å². The van der Waals surface area contributed by atoms with E-state index in [1.165, 1.54) is 0 Å². The van der Waals surface area contributed by atoms with Crippen LogP contribution in [0.4, 0.5) is 11.4 Å². The molecule has 0 aliphatic carbocycles. The summed E-state index contributed by atoms with van der Waals surface area (Å²) in [6.07, 6.45) is 0. The number of rotatable bonds is 8. The van der Waals surface area contributed by atoms with Crippen LogP contribution in [0.25, 0.3) is 0 Å². The minimum atomic E-state index is 0.122. The number of nitrogens with one attached hydrogen (secondary N) is 3. The molecule has 160 valence electrons. The molecule has 0 saturated heterocycles. The molecule has 0 heterocycles. The van der Waals surface area contributed by atoms with Crippen molar-refractivity contribution in [2.24, 2.45) is 0 Å². The highest BCUT2D eigenvalue weighted by Crippen LogP contribution is 2.27. The van der Waals surface area contributed by atoms with Crippen LogP contribution in [0.1, 0.15) is 11.1 Å². The van der Waals surface area contributed by atoms with Gasteiger partial charge in [-0.05, 0) is 35.4 Å². The first-order chi connectivity index (χ1) is 15.8. The maximum Gasteiger partial charge on any atom is 0.197 e. The molecule has 0 spiro atoms. The lowest BCUT2D eigenvalue weighted by Gasteiger charge is -2.17. The van der Waals surface area contributed by atoms with Gasteiger partial charge in [0.2, 0.25) is 0 Å². The Morgan fingerprint density at radius 1 is 0.531 bits per heavy atom. The van der Waals surface area contributed by atoms with E-state index in [2.05, 4.69) is 10.6 Å². The summed E-state index contributed by atoms with van der Waals surface area (Å²) in [5.74, 6) is 1.48. The van der Waals surface area contributed by atoms with Crippen LogP contribution < -0.4 is 20.1 Å². The molecule has 4 aromatic carbocycles. The second-order valence-corrected chi connectivity index (χ2v) is 7.17. The molecule has 0 saturated carbocycles. The van der Waals surface area contributed by atoms with Gasteiger partial charge in [-0.3, -0.25) is 5.41 Å². The number of guanidine groups is 1. The summed E-state index contributed by atoms with van der Waals surface area (Å²) >= 11 is 0. The molecule has 32 heavy (non-hydrogen) atoms. The predicted octanol–water partition coefficient (Wildman–Crippen LogP) is 6.30. The fourth-order valence-electron chi connectivity index (χ4n) is 3.16. The monoisotopic (exact) mass is 423 g/mol. The first-order valence-corrected chi connectivity index (χ1v) is 10.4. The van der Waals surface area contributed by atoms with Crippen LogP contribution in [-0.2, 0) is 13.2 Å². The average Bonchev–Trinajstić information content (AvgIpc) is 2.84. The van der Waals surface area contributed by atoms with E-state index in [1.54, 1.807) is 0 Å². The van der Waals surface area contributed by atoms with Crippen LogP contribution in [0.3, 0.4) is 0 Å². The first kappa shape index (κ1) is 21.0. The van der Waals surface area contributed by atoms with E-state index in [-0.39, 0.29) is 5.96 Å². The zero-order chi connectivity index (χ0) is 22.0. The van der Waals surface area contributed by atoms with Gasteiger partial charge in [0.1, 0.15) is 24.7 Å². The smallest absolute Gasteiger partial charge is 0.197 e. The summed E-state index contributed by atoms with van der Waals surface area (Å²) in [5, 5.41) is 14.6. The molecular formula is C27H25N3O2. The molecule has 4 aromatic rings. The molecule has 0 unspecified atom stereocenters. The lowest BCUT2D eigenvalue weighted by molar-refractivity contribution is 0.308. The van der Waals surface area contributed by atoms with Gasteiger partial charge in [-0.2, -0.15) is 0 Å². The van der Waals surface area contributed by atoms with Crippen molar-refractivity contribution in [2.45, 2.75) is 13.2 Å². The Morgan fingerprint density at radius 3 is 1.34 bits per heavy atom. The summed E-state index contributed by atoms with van der Waals surface area (Å²) < 4.78 is 11.9. The molecule has 0 aliphatic rings. The van der Waals surface area contributed by atoms with Crippen molar-refractivity contribution >= 4 is 17.3 Å². The Hall–Kier alpha value is -4.25. The molecule has 5 nitrogen and oxygen atoms in total. The van der Waals surface area contributed by atoms with Crippen LogP contribution in [0, 0.1) is 5.41 Å². The van der Waals surface area contributed by atoms with Crippen molar-refractivity contribution in [3.63, 3.8) is 0 Å². The van der Waals surface area contributed by atoms with Gasteiger partial charge in [0.25, 0.3) is 0 Å². The lowest BCUT2D eigenvalue weighted by atomic mass is 10.2. The number of anilines is 2. The minimum Gasteiger partial charge on any atom is -0.487 e. The second kappa shape index (κ2) is 10.7. The van der Waals surface area contributed by atoms with E-state index in [0.29, 0.717) is 36.1 Å². The topological polar surface area (TPSA) is 66.4 Å². The Labute approximate surface area is 188 Å². The number of hydrogen-bond acceptors (Lipinski definition) is 3. The molecule has 0 fully saturated rings. The van der Waals surface area contributed by atoms with Crippen molar-refractivity contribution in [1.29, 1.82) is 5.41 Å². The number of ether oxygens (including phenoxy) is 2. The number of benzene rings is 4. The van der Waals surface area contributed by atoms with Crippen molar-refractivity contribution in [3.05, 3.63) is 120 Å². The molecule has 0 atom stereocenters. The zero-order valence-electron chi connectivity index (χ0n) is 17.6. The first-order valence-electron chi connectivity index (χ1n) is 10.4. The Bertz CT molecular complexity index is 1060. The normalized spacial score (nSPS) is 10.2. The van der Waals surface area contributed by atoms with Crippen molar-refractivity contribution in [2.75, 3.05) is 10.6 Å². The molecule has 4 rings (SSSR count). The highest BCUT2D eigenvalue weighted by atomic mass is 16.5. The number of para-hydroxylation sites is 4. The lowest BCUT2D eigenvalue weighted by Crippen LogP contribution is -2.21. The van der Waals surface area contributed by atoms with Gasteiger partial charge in [0.05, 0.1) is 11.4 Å². The van der Waals surface area contributed by atoms with Gasteiger partial charge < -0.3 is 20.1 Å². The van der Waals surface area contributed by atoms with Crippen molar-refractivity contribution < 1.29 is 9.47 Å². The van der Waals surface area contributed by atoms with E-state index >= 15 is 0 Å². The zero-order valence-corrected chi connectivity index (χ0v) is 17.6. The van der Waals surface area contributed by atoms with Gasteiger partial charge in [-0.1, -0.05) is 84.9 Å². The third kappa shape index (κ3) is 5.89. The molecule has 0 aromatic heterocycles. The maximum atomic E-state index is 8.42. The average molecular weight is 424 g/mol. The summed E-state index contributed by atoms with van der Waals surface area (Å²) in [7, 11) is 0. The van der Waals surface area contributed by atoms with Crippen LogP contribution in [0.5, 0.6) is 11.5 Å². The summed E-state index contributed by atoms with van der Waals surface area (Å²) in [6, 6.07) is 35.2. The van der Waals surface area contributed by atoms with Crippen molar-refractivity contribution in [3.8, 4) is 11.5 Å². The highest BCUT2D eigenvalue weighted by Gasteiger charge is 2.09. The van der Waals surface area contributed by atoms with Gasteiger partial charge in [0.15, 0.2) is 5.96 Å². The third-order valence-electron chi connectivity index (χ3n) is 4.77. The third-order valence-corrected chi connectivity index (χ3v) is 4.77. The predicted molar refractivity (Wildman–Crippen MR) is 129 cm³/mol. The van der Waals surface area contributed by atoms with Gasteiger partial charge in [-0.25, -0.2) is 0 Å². The Morgan fingerprint density at radius 2 is 0.906 bits per heavy atom. The standard InChI is InChI=1S/C27H25N3O2/c28-27(29-23-15-7-9-17-25(23)31-19-21-11-3-1-4-12-21)30-24-16-8-10-18-26(24)32-20-22-13-5-2-6-14-22/h1-18H,19-20H2,(H3,28,29,30). The molecule has 3 N–H and O–H groups in total. The van der Waals surface area contributed by atoms with Gasteiger partial charge >= 0.3 is 0 Å². The fourth-order valence-corrected chi connectivity index (χ4v) is 3.16. The van der Waals surface area contributed by atoms with E-state index in [9.17, 15) is 0 Å². The summed E-state index contributed by atoms with van der Waals surface area (Å²) in [4.78, 5) is 0. The fraction of sp³-hybridized carbons (Fsp3) is 0.0741. The van der Waals surface area contributed by atoms with Gasteiger partial charge in [0, 0.05) is 0 Å². The molecule has 0 radical (unpaired) electrons. The molecule has 0 bridgehead atoms. The number of hydrogen-bond donors (Lipinski definition) is 3. The maximum absolute atomic E-state index is 8.42. The van der Waals surface area contributed by atoms with Crippen LogP contribution in [-0.4, -0.2) is 5.96 Å². The van der Waals surface area contributed by atoms with Crippen LogP contribution in [0.2, 0.25) is 0 Å². The van der Waals surface area contributed by atoms with Crippen molar-refractivity contribution in [1.82, 2.24) is 0 Å². The molecule has 5 heteroatoms.